The normalized spacial score (nSPS) is 13.1. The Hall–Kier alpha value is -3.31. The van der Waals surface area contributed by atoms with Crippen LogP contribution in [0, 0.1) is 6.92 Å². The second-order valence-electron chi connectivity index (χ2n) is 9.57. The molecule has 1 aliphatic rings. The van der Waals surface area contributed by atoms with Gasteiger partial charge in [0.15, 0.2) is 0 Å². The van der Waals surface area contributed by atoms with Crippen LogP contribution in [0.5, 0.6) is 0 Å². The van der Waals surface area contributed by atoms with Crippen molar-refractivity contribution in [2.45, 2.75) is 39.9 Å². The summed E-state index contributed by atoms with van der Waals surface area (Å²) in [4.78, 5) is 32.1. The molecule has 0 spiro atoms. The van der Waals surface area contributed by atoms with E-state index in [1.165, 1.54) is 11.1 Å². The van der Waals surface area contributed by atoms with E-state index < -0.39 is 0 Å². The van der Waals surface area contributed by atoms with Crippen LogP contribution in [0.3, 0.4) is 0 Å². The third-order valence-electron chi connectivity index (χ3n) is 6.37. The number of nitrogens with zero attached hydrogens (tertiary/aromatic N) is 5. The molecular formula is C27H34ClN7O3. The average molecular weight is 540 g/mol. The van der Waals surface area contributed by atoms with E-state index in [2.05, 4.69) is 32.9 Å². The fraction of sp³-hybridized carbons (Fsp3) is 0.407. The van der Waals surface area contributed by atoms with Gasteiger partial charge in [-0.2, -0.15) is 4.98 Å². The van der Waals surface area contributed by atoms with Crippen LogP contribution in [0.4, 0.5) is 5.69 Å². The van der Waals surface area contributed by atoms with E-state index in [9.17, 15) is 9.59 Å². The van der Waals surface area contributed by atoms with Crippen molar-refractivity contribution in [3.8, 4) is 11.4 Å². The molecule has 1 aliphatic heterocycles. The van der Waals surface area contributed by atoms with E-state index in [1.807, 2.05) is 31.0 Å². The predicted octanol–water partition coefficient (Wildman–Crippen LogP) is 3.01. The zero-order chi connectivity index (χ0) is 27.2. The van der Waals surface area contributed by atoms with E-state index in [0.717, 1.165) is 0 Å². The van der Waals surface area contributed by atoms with Crippen LogP contribution in [0.25, 0.3) is 11.4 Å². The van der Waals surface area contributed by atoms with Gasteiger partial charge >= 0.3 is 0 Å². The van der Waals surface area contributed by atoms with Gasteiger partial charge in [-0.3, -0.25) is 19.9 Å². The molecule has 0 radical (unpaired) electrons. The first-order chi connectivity index (χ1) is 18.2. The van der Waals surface area contributed by atoms with Gasteiger partial charge in [-0.25, -0.2) is 5.01 Å². The summed E-state index contributed by atoms with van der Waals surface area (Å²) in [6.07, 6.45) is 0. The van der Waals surface area contributed by atoms with Crippen molar-refractivity contribution >= 4 is 29.1 Å². The summed E-state index contributed by atoms with van der Waals surface area (Å²) in [6.45, 7) is 8.14. The number of nitrogens with one attached hydrogen (secondary N) is 2. The summed E-state index contributed by atoms with van der Waals surface area (Å²) in [6, 6.07) is 13.7. The molecule has 10 nitrogen and oxygen atoms in total. The third kappa shape index (κ3) is 6.76. The van der Waals surface area contributed by atoms with Crippen LogP contribution in [-0.4, -0.2) is 71.2 Å². The van der Waals surface area contributed by atoms with Crippen LogP contribution in [0.15, 0.2) is 47.0 Å². The first kappa shape index (κ1) is 27.7. The van der Waals surface area contributed by atoms with Crippen LogP contribution < -0.4 is 15.5 Å². The summed E-state index contributed by atoms with van der Waals surface area (Å²) in [5.41, 5.74) is 3.67. The van der Waals surface area contributed by atoms with Gasteiger partial charge in [0.2, 0.25) is 17.6 Å². The minimum Gasteiger partial charge on any atom is -0.339 e. The van der Waals surface area contributed by atoms with E-state index >= 15 is 0 Å². The molecule has 202 valence electrons. The van der Waals surface area contributed by atoms with Crippen molar-refractivity contribution in [3.05, 3.63) is 64.5 Å². The molecule has 2 heterocycles. The third-order valence-corrected chi connectivity index (χ3v) is 6.69. The van der Waals surface area contributed by atoms with Gasteiger partial charge in [-0.05, 0) is 29.3 Å². The zero-order valence-electron chi connectivity index (χ0n) is 22.2. The average Bonchev–Trinajstić information content (AvgIpc) is 3.52. The van der Waals surface area contributed by atoms with Crippen molar-refractivity contribution in [1.29, 1.82) is 0 Å². The van der Waals surface area contributed by atoms with Gasteiger partial charge in [0.1, 0.15) is 0 Å². The number of anilines is 1. The number of likely N-dealkylation sites (N-methyl/N-ethyl adjacent to an activating group) is 1. The van der Waals surface area contributed by atoms with Crippen LogP contribution in [0.1, 0.15) is 30.9 Å². The molecule has 0 atom stereocenters. The highest BCUT2D eigenvalue weighted by atomic mass is 35.5. The second-order valence-corrected chi connectivity index (χ2v) is 9.98. The quantitative estimate of drug-likeness (QED) is 0.383. The summed E-state index contributed by atoms with van der Waals surface area (Å²) < 4.78 is 5.10. The van der Waals surface area contributed by atoms with Crippen molar-refractivity contribution < 1.29 is 14.1 Å². The first-order valence-electron chi connectivity index (χ1n) is 12.7. The summed E-state index contributed by atoms with van der Waals surface area (Å²) >= 11 is 6.54. The van der Waals surface area contributed by atoms with Crippen LogP contribution in [-0.2, 0) is 22.7 Å². The molecule has 0 saturated carbocycles. The lowest BCUT2D eigenvalue weighted by Gasteiger charge is -2.28. The minimum atomic E-state index is -0.206. The van der Waals surface area contributed by atoms with E-state index in [0.29, 0.717) is 54.2 Å². The standard InChI is InChI=1S/C27H34ClN7O3/c1-18(2)30-11-12-35(24-13-20(9-10-23(24)28)27-31-19(3)38-32-27)26(37)15-29-14-25(36)33(4)34-16-21-7-5-6-8-22(21)17-34/h5-10,13,18,29-30H,11-12,14-17H2,1-4H3. The lowest BCUT2D eigenvalue weighted by Crippen LogP contribution is -2.47. The number of amides is 2. The van der Waals surface area contributed by atoms with Crippen molar-refractivity contribution in [2.24, 2.45) is 0 Å². The van der Waals surface area contributed by atoms with Crippen molar-refractivity contribution in [3.63, 3.8) is 0 Å². The Morgan fingerprint density at radius 2 is 1.79 bits per heavy atom. The Morgan fingerprint density at radius 1 is 1.11 bits per heavy atom. The first-order valence-corrected chi connectivity index (χ1v) is 13.0. The Balaban J connectivity index is 1.40. The van der Waals surface area contributed by atoms with Gasteiger partial charge in [0.05, 0.1) is 23.8 Å². The number of hydrogen-bond acceptors (Lipinski definition) is 8. The highest BCUT2D eigenvalue weighted by Gasteiger charge is 2.25. The zero-order valence-corrected chi connectivity index (χ0v) is 23.0. The van der Waals surface area contributed by atoms with Crippen LogP contribution in [0.2, 0.25) is 5.02 Å². The summed E-state index contributed by atoms with van der Waals surface area (Å²) in [5.74, 6) is 0.542. The SMILES string of the molecule is Cc1nc(-c2ccc(Cl)c(N(CCNC(C)C)C(=O)CNCC(=O)N(C)N3Cc4ccccc4C3)c2)no1. The lowest BCUT2D eigenvalue weighted by molar-refractivity contribution is -0.145. The molecule has 0 aliphatic carbocycles. The molecule has 38 heavy (non-hydrogen) atoms. The molecule has 11 heteroatoms. The Bertz CT molecular complexity index is 1250. The smallest absolute Gasteiger partial charge is 0.250 e. The van der Waals surface area contributed by atoms with Gasteiger partial charge < -0.3 is 14.7 Å². The monoisotopic (exact) mass is 539 g/mol. The molecule has 2 N–H and O–H groups in total. The maximum Gasteiger partial charge on any atom is 0.250 e. The van der Waals surface area contributed by atoms with Crippen LogP contribution >= 0.6 is 11.6 Å². The highest BCUT2D eigenvalue weighted by molar-refractivity contribution is 6.34. The molecular weight excluding hydrogens is 506 g/mol. The molecule has 0 fully saturated rings. The molecule has 0 saturated heterocycles. The maximum atomic E-state index is 13.4. The topological polar surface area (TPSA) is 107 Å². The Labute approximate surface area is 227 Å². The largest absolute Gasteiger partial charge is 0.339 e. The molecule has 3 aromatic rings. The Kier molecular flexibility index (Phi) is 9.11. The predicted molar refractivity (Wildman–Crippen MR) is 146 cm³/mol. The summed E-state index contributed by atoms with van der Waals surface area (Å²) in [7, 11) is 1.76. The number of rotatable bonds is 11. The molecule has 0 bridgehead atoms. The lowest BCUT2D eigenvalue weighted by atomic mass is 10.1. The molecule has 2 aromatic carbocycles. The number of carbonyl (C=O) groups excluding carboxylic acids is 2. The van der Waals surface area contributed by atoms with Gasteiger partial charge in [0.25, 0.3) is 5.91 Å². The molecule has 4 rings (SSSR count). The minimum absolute atomic E-state index is 0.0244. The summed E-state index contributed by atoms with van der Waals surface area (Å²) in [5, 5.41) is 14.4. The number of hydrazine groups is 1. The van der Waals surface area contributed by atoms with E-state index in [1.54, 1.807) is 42.1 Å². The fourth-order valence-electron chi connectivity index (χ4n) is 4.29. The number of aromatic nitrogens is 2. The van der Waals surface area contributed by atoms with Gasteiger partial charge in [-0.15, -0.1) is 0 Å². The number of benzene rings is 2. The molecule has 1 aromatic heterocycles. The molecule has 2 amide bonds. The number of carbonyl (C=O) groups is 2. The number of aryl methyl sites for hydroxylation is 1. The second kappa shape index (κ2) is 12.5. The Morgan fingerprint density at radius 3 is 2.42 bits per heavy atom. The maximum absolute atomic E-state index is 13.4. The molecule has 0 unspecified atom stereocenters. The van der Waals surface area contributed by atoms with E-state index in [4.69, 9.17) is 16.1 Å². The van der Waals surface area contributed by atoms with Gasteiger partial charge in [0, 0.05) is 51.8 Å². The van der Waals surface area contributed by atoms with Gasteiger partial charge in [-0.1, -0.05) is 54.9 Å². The fourth-order valence-corrected chi connectivity index (χ4v) is 4.51. The van der Waals surface area contributed by atoms with Crippen molar-refractivity contribution in [1.82, 2.24) is 30.8 Å². The van der Waals surface area contributed by atoms with Crippen molar-refractivity contribution in [2.75, 3.05) is 38.1 Å². The number of hydrogen-bond donors (Lipinski definition) is 2. The highest BCUT2D eigenvalue weighted by Crippen LogP contribution is 2.31. The van der Waals surface area contributed by atoms with E-state index in [-0.39, 0.29) is 30.9 Å². The number of fused-ring (bicyclic) bond motifs is 1. The number of halogens is 1.